The van der Waals surface area contributed by atoms with E-state index in [1.165, 1.54) is 25.8 Å². The highest BCUT2D eigenvalue weighted by Crippen LogP contribution is 2.27. The normalized spacial score (nSPS) is 23.1. The lowest BCUT2D eigenvalue weighted by atomic mass is 9.80. The second kappa shape index (κ2) is 7.28. The molecule has 0 radical (unpaired) electrons. The first-order chi connectivity index (χ1) is 8.84. The van der Waals surface area contributed by atoms with Gasteiger partial charge in [0.2, 0.25) is 5.91 Å². The number of likely N-dealkylation sites (tertiary alicyclic amines) is 1. The fraction of sp³-hybridized carbons (Fsp3) is 0.938. The van der Waals surface area contributed by atoms with Gasteiger partial charge in [0.05, 0.1) is 0 Å². The second-order valence-corrected chi connectivity index (χ2v) is 7.05. The molecule has 2 unspecified atom stereocenters. The van der Waals surface area contributed by atoms with Crippen molar-refractivity contribution in [1.82, 2.24) is 10.2 Å². The van der Waals surface area contributed by atoms with Gasteiger partial charge in [0.25, 0.3) is 0 Å². The minimum Gasteiger partial charge on any atom is -0.355 e. The molecule has 0 aromatic carbocycles. The average Bonchev–Trinajstić information content (AvgIpc) is 2.35. The van der Waals surface area contributed by atoms with Crippen molar-refractivity contribution in [3.63, 3.8) is 0 Å². The summed E-state index contributed by atoms with van der Waals surface area (Å²) >= 11 is 0. The molecule has 2 atom stereocenters. The molecule has 0 aromatic heterocycles. The van der Waals surface area contributed by atoms with Gasteiger partial charge in [-0.15, -0.1) is 0 Å². The van der Waals surface area contributed by atoms with Crippen LogP contribution < -0.4 is 5.32 Å². The molecule has 0 aliphatic carbocycles. The van der Waals surface area contributed by atoms with Crippen LogP contribution in [0.3, 0.4) is 0 Å². The van der Waals surface area contributed by atoms with Gasteiger partial charge >= 0.3 is 0 Å². The van der Waals surface area contributed by atoms with Crippen molar-refractivity contribution in [1.29, 1.82) is 0 Å². The zero-order chi connectivity index (χ0) is 14.5. The van der Waals surface area contributed by atoms with E-state index < -0.39 is 0 Å². The van der Waals surface area contributed by atoms with Gasteiger partial charge in [0.15, 0.2) is 0 Å². The van der Waals surface area contributed by atoms with E-state index in [1.54, 1.807) is 0 Å². The highest BCUT2D eigenvalue weighted by molar-refractivity contribution is 5.76. The maximum atomic E-state index is 12.0. The summed E-state index contributed by atoms with van der Waals surface area (Å²) in [5.74, 6) is 0.630. The average molecular weight is 268 g/mol. The van der Waals surface area contributed by atoms with Crippen LogP contribution in [0.4, 0.5) is 0 Å². The van der Waals surface area contributed by atoms with Crippen LogP contribution in [0.2, 0.25) is 0 Å². The van der Waals surface area contributed by atoms with E-state index in [0.29, 0.717) is 18.4 Å². The molecule has 1 aliphatic heterocycles. The molecule has 19 heavy (non-hydrogen) atoms. The summed E-state index contributed by atoms with van der Waals surface area (Å²) < 4.78 is 0. The zero-order valence-electron chi connectivity index (χ0n) is 13.5. The summed E-state index contributed by atoms with van der Waals surface area (Å²) in [5, 5.41) is 3.14. The highest BCUT2D eigenvalue weighted by atomic mass is 16.1. The van der Waals surface area contributed by atoms with Crippen molar-refractivity contribution >= 4 is 5.91 Å². The van der Waals surface area contributed by atoms with Crippen molar-refractivity contribution in [3.05, 3.63) is 0 Å². The number of nitrogens with zero attached hydrogens (tertiary/aromatic N) is 1. The van der Waals surface area contributed by atoms with E-state index in [-0.39, 0.29) is 11.3 Å². The fourth-order valence-corrected chi connectivity index (χ4v) is 2.60. The minimum atomic E-state index is 0.206. The Bertz CT molecular complexity index is 283. The van der Waals surface area contributed by atoms with E-state index in [2.05, 4.69) is 44.8 Å². The molecular formula is C16H32N2O. The van der Waals surface area contributed by atoms with Gasteiger partial charge in [-0.05, 0) is 37.3 Å². The Hall–Kier alpha value is -0.570. The van der Waals surface area contributed by atoms with E-state index in [1.807, 2.05) is 0 Å². The van der Waals surface area contributed by atoms with Crippen LogP contribution in [0.15, 0.2) is 0 Å². The highest BCUT2D eigenvalue weighted by Gasteiger charge is 2.24. The lowest BCUT2D eigenvalue weighted by Gasteiger charge is -2.35. The van der Waals surface area contributed by atoms with Crippen LogP contribution in [-0.4, -0.2) is 36.5 Å². The third kappa shape index (κ3) is 5.52. The first kappa shape index (κ1) is 16.5. The van der Waals surface area contributed by atoms with Crippen molar-refractivity contribution in [2.45, 2.75) is 66.3 Å². The van der Waals surface area contributed by atoms with Crippen LogP contribution >= 0.6 is 0 Å². The van der Waals surface area contributed by atoms with Crippen molar-refractivity contribution in [3.8, 4) is 0 Å². The quantitative estimate of drug-likeness (QED) is 0.831. The Labute approximate surface area is 119 Å². The molecule has 0 aromatic rings. The first-order valence-electron chi connectivity index (χ1n) is 7.85. The van der Waals surface area contributed by atoms with E-state index in [0.717, 1.165) is 13.1 Å². The molecule has 3 heteroatoms. The summed E-state index contributed by atoms with van der Waals surface area (Å²) in [6.07, 6.45) is 4.47. The van der Waals surface area contributed by atoms with Gasteiger partial charge in [-0.3, -0.25) is 9.69 Å². The molecule has 1 heterocycles. The number of likely N-dealkylation sites (N-methyl/N-ethyl adjacent to an activating group) is 1. The lowest BCUT2D eigenvalue weighted by Crippen LogP contribution is -2.46. The zero-order valence-corrected chi connectivity index (χ0v) is 13.5. The molecule has 1 aliphatic rings. The summed E-state index contributed by atoms with van der Waals surface area (Å²) in [6, 6.07) is 0.549. The third-order valence-electron chi connectivity index (χ3n) is 4.66. The molecule has 112 valence electrons. The molecule has 3 nitrogen and oxygen atoms in total. The van der Waals surface area contributed by atoms with E-state index >= 15 is 0 Å². The van der Waals surface area contributed by atoms with Gasteiger partial charge in [-0.2, -0.15) is 0 Å². The standard InChI is InChI=1S/C16H32N2O/c1-6-18-10-8-7-9-14(18)12-17-15(19)11-13(2)16(3,4)5/h13-14H,6-12H2,1-5H3,(H,17,19). The third-order valence-corrected chi connectivity index (χ3v) is 4.66. The van der Waals surface area contributed by atoms with E-state index in [9.17, 15) is 4.79 Å². The maximum Gasteiger partial charge on any atom is 0.220 e. The lowest BCUT2D eigenvalue weighted by molar-refractivity contribution is -0.123. The minimum absolute atomic E-state index is 0.206. The molecular weight excluding hydrogens is 236 g/mol. The Morgan fingerprint density at radius 2 is 2.05 bits per heavy atom. The van der Waals surface area contributed by atoms with Crippen molar-refractivity contribution < 1.29 is 4.79 Å². The maximum absolute atomic E-state index is 12.0. The molecule has 1 fully saturated rings. The van der Waals surface area contributed by atoms with E-state index in [4.69, 9.17) is 0 Å². The molecule has 1 amide bonds. The fourth-order valence-electron chi connectivity index (χ4n) is 2.60. The first-order valence-corrected chi connectivity index (χ1v) is 7.85. The Balaban J connectivity index is 2.33. The molecule has 1 N–H and O–H groups in total. The smallest absolute Gasteiger partial charge is 0.220 e. The summed E-state index contributed by atoms with van der Waals surface area (Å²) in [7, 11) is 0. The molecule has 1 saturated heterocycles. The number of carbonyl (C=O) groups excluding carboxylic acids is 1. The number of amides is 1. The molecule has 0 spiro atoms. The number of piperidine rings is 1. The SMILES string of the molecule is CCN1CCCCC1CNC(=O)CC(C)C(C)(C)C. The molecule has 1 rings (SSSR count). The molecule has 0 saturated carbocycles. The van der Waals surface area contributed by atoms with Crippen LogP contribution in [0, 0.1) is 11.3 Å². The molecule has 0 bridgehead atoms. The van der Waals surface area contributed by atoms with Gasteiger partial charge in [-0.25, -0.2) is 0 Å². The summed E-state index contributed by atoms with van der Waals surface area (Å²) in [5.41, 5.74) is 0.206. The Kier molecular flexibility index (Phi) is 6.31. The summed E-state index contributed by atoms with van der Waals surface area (Å²) in [6.45, 7) is 14.1. The monoisotopic (exact) mass is 268 g/mol. The number of hydrogen-bond acceptors (Lipinski definition) is 2. The number of rotatable bonds is 5. The van der Waals surface area contributed by atoms with Gasteiger partial charge < -0.3 is 5.32 Å². The Morgan fingerprint density at radius 3 is 2.63 bits per heavy atom. The topological polar surface area (TPSA) is 32.3 Å². The van der Waals surface area contributed by atoms with Crippen molar-refractivity contribution in [2.75, 3.05) is 19.6 Å². The van der Waals surface area contributed by atoms with Crippen LogP contribution in [0.1, 0.15) is 60.3 Å². The number of hydrogen-bond donors (Lipinski definition) is 1. The number of nitrogens with one attached hydrogen (secondary N) is 1. The number of carbonyl (C=O) groups is 1. The van der Waals surface area contributed by atoms with Crippen LogP contribution in [0.25, 0.3) is 0 Å². The predicted molar refractivity (Wildman–Crippen MR) is 81.1 cm³/mol. The van der Waals surface area contributed by atoms with Gasteiger partial charge in [0, 0.05) is 19.0 Å². The van der Waals surface area contributed by atoms with Crippen LogP contribution in [0.5, 0.6) is 0 Å². The van der Waals surface area contributed by atoms with Gasteiger partial charge in [-0.1, -0.05) is 41.0 Å². The largest absolute Gasteiger partial charge is 0.355 e. The van der Waals surface area contributed by atoms with Crippen molar-refractivity contribution in [2.24, 2.45) is 11.3 Å². The summed E-state index contributed by atoms with van der Waals surface area (Å²) in [4.78, 5) is 14.5. The van der Waals surface area contributed by atoms with Gasteiger partial charge in [0.1, 0.15) is 0 Å². The second-order valence-electron chi connectivity index (χ2n) is 7.05. The Morgan fingerprint density at radius 1 is 1.37 bits per heavy atom. The van der Waals surface area contributed by atoms with Crippen LogP contribution in [-0.2, 0) is 4.79 Å². The predicted octanol–water partition coefficient (Wildman–Crippen LogP) is 3.05.